The zero-order chi connectivity index (χ0) is 16.5. The Labute approximate surface area is 133 Å². The average Bonchev–Trinajstić information content (AvgIpc) is 3.04. The van der Waals surface area contributed by atoms with E-state index in [-0.39, 0.29) is 21.6 Å². The summed E-state index contributed by atoms with van der Waals surface area (Å²) in [6.45, 7) is 5.50. The van der Waals surface area contributed by atoms with Gasteiger partial charge in [0, 0.05) is 18.3 Å². The van der Waals surface area contributed by atoms with Crippen LogP contribution in [0.2, 0.25) is 0 Å². The van der Waals surface area contributed by atoms with Crippen LogP contribution in [-0.4, -0.2) is 31.3 Å². The minimum Gasteiger partial charge on any atom is -0.465 e. The molecule has 0 unspecified atom stereocenters. The van der Waals surface area contributed by atoms with Gasteiger partial charge >= 0.3 is 5.97 Å². The first-order chi connectivity index (χ1) is 10.3. The summed E-state index contributed by atoms with van der Waals surface area (Å²) in [5.74, 6) is -0.471. The van der Waals surface area contributed by atoms with E-state index < -0.39 is 16.0 Å². The number of carbonyl (C=O) groups is 1. The number of nitrogens with one attached hydrogen (secondary N) is 1. The fourth-order valence-corrected chi connectivity index (χ4v) is 4.57. The standard InChI is InChI=1S/C13H17N3O4S2/c1-8(2)16-6-5-10(14-16)15-22(18,19)12-9(3)7-21-11(12)13(17)20-4/h5-8H,1-4H3,(H,14,15). The molecule has 0 atom stereocenters. The Morgan fingerprint density at radius 1 is 1.45 bits per heavy atom. The molecule has 22 heavy (non-hydrogen) atoms. The van der Waals surface area contributed by atoms with Gasteiger partial charge in [0.2, 0.25) is 0 Å². The van der Waals surface area contributed by atoms with E-state index in [1.54, 1.807) is 29.2 Å². The second kappa shape index (κ2) is 6.09. The number of hydrogen-bond acceptors (Lipinski definition) is 6. The third-order valence-corrected chi connectivity index (χ3v) is 5.68. The monoisotopic (exact) mass is 343 g/mol. The largest absolute Gasteiger partial charge is 0.465 e. The molecule has 9 heteroatoms. The van der Waals surface area contributed by atoms with Crippen LogP contribution in [0.3, 0.4) is 0 Å². The lowest BCUT2D eigenvalue weighted by Gasteiger charge is -2.08. The molecule has 0 spiro atoms. The third kappa shape index (κ3) is 3.14. The van der Waals surface area contributed by atoms with E-state index in [0.29, 0.717) is 5.56 Å². The highest BCUT2D eigenvalue weighted by molar-refractivity contribution is 7.93. The number of nitrogens with zero attached hydrogens (tertiary/aromatic N) is 2. The number of esters is 1. The second-order valence-electron chi connectivity index (χ2n) is 4.95. The summed E-state index contributed by atoms with van der Waals surface area (Å²) < 4.78 is 33.7. The predicted molar refractivity (Wildman–Crippen MR) is 83.8 cm³/mol. The van der Waals surface area contributed by atoms with E-state index in [1.165, 1.54) is 7.11 Å². The highest BCUT2D eigenvalue weighted by Gasteiger charge is 2.28. The van der Waals surface area contributed by atoms with Crippen molar-refractivity contribution < 1.29 is 17.9 Å². The summed E-state index contributed by atoms with van der Waals surface area (Å²) >= 11 is 1.04. The van der Waals surface area contributed by atoms with Gasteiger partial charge in [0.1, 0.15) is 9.77 Å². The van der Waals surface area contributed by atoms with Gasteiger partial charge < -0.3 is 4.74 Å². The van der Waals surface area contributed by atoms with Crippen molar-refractivity contribution in [3.63, 3.8) is 0 Å². The number of hydrogen-bond donors (Lipinski definition) is 1. The van der Waals surface area contributed by atoms with Crippen molar-refractivity contribution in [1.29, 1.82) is 0 Å². The normalized spacial score (nSPS) is 11.7. The lowest BCUT2D eigenvalue weighted by Crippen LogP contribution is -2.17. The van der Waals surface area contributed by atoms with Crippen LogP contribution in [0.1, 0.15) is 35.1 Å². The topological polar surface area (TPSA) is 90.3 Å². The van der Waals surface area contributed by atoms with Crippen LogP contribution >= 0.6 is 11.3 Å². The van der Waals surface area contributed by atoms with Crippen molar-refractivity contribution >= 4 is 33.1 Å². The molecule has 0 aliphatic rings. The maximum atomic E-state index is 12.5. The van der Waals surface area contributed by atoms with Crippen LogP contribution in [0.5, 0.6) is 0 Å². The second-order valence-corrected chi connectivity index (χ2v) is 7.45. The summed E-state index contributed by atoms with van der Waals surface area (Å²) in [6, 6.07) is 1.68. The molecule has 0 aromatic carbocycles. The number of aromatic nitrogens is 2. The smallest absolute Gasteiger partial charge is 0.349 e. The summed E-state index contributed by atoms with van der Waals surface area (Å²) in [4.78, 5) is 11.7. The SMILES string of the molecule is COC(=O)c1scc(C)c1S(=O)(=O)Nc1ccn(C(C)C)n1. The molecule has 1 N–H and O–H groups in total. The zero-order valence-corrected chi connectivity index (χ0v) is 14.3. The molecule has 2 rings (SSSR count). The summed E-state index contributed by atoms with van der Waals surface area (Å²) in [5.41, 5.74) is 0.487. The van der Waals surface area contributed by atoms with Gasteiger partial charge in [-0.1, -0.05) is 0 Å². The highest BCUT2D eigenvalue weighted by atomic mass is 32.2. The van der Waals surface area contributed by atoms with Crippen LogP contribution in [0.25, 0.3) is 0 Å². The van der Waals surface area contributed by atoms with Crippen molar-refractivity contribution in [1.82, 2.24) is 9.78 Å². The molecule has 0 saturated carbocycles. The molecule has 0 aliphatic carbocycles. The van der Waals surface area contributed by atoms with Gasteiger partial charge in [-0.05, 0) is 31.7 Å². The van der Waals surface area contributed by atoms with Crippen LogP contribution in [0, 0.1) is 6.92 Å². The number of sulfonamides is 1. The molecule has 120 valence electrons. The van der Waals surface area contributed by atoms with Gasteiger partial charge in [0.25, 0.3) is 10.0 Å². The van der Waals surface area contributed by atoms with Crippen LogP contribution < -0.4 is 4.72 Å². The van der Waals surface area contributed by atoms with Crippen LogP contribution in [0.15, 0.2) is 22.5 Å². The Morgan fingerprint density at radius 3 is 2.68 bits per heavy atom. The lowest BCUT2D eigenvalue weighted by molar-refractivity contribution is 0.0602. The Bertz CT molecular complexity index is 790. The van der Waals surface area contributed by atoms with Gasteiger partial charge in [0.15, 0.2) is 5.82 Å². The van der Waals surface area contributed by atoms with Crippen molar-refractivity contribution in [3.8, 4) is 0 Å². The number of anilines is 1. The minimum absolute atomic E-state index is 0.0517. The first-order valence-corrected chi connectivity index (χ1v) is 8.87. The highest BCUT2D eigenvalue weighted by Crippen LogP contribution is 2.29. The fraction of sp³-hybridized carbons (Fsp3) is 0.385. The zero-order valence-electron chi connectivity index (χ0n) is 12.7. The maximum absolute atomic E-state index is 12.5. The molecule has 2 heterocycles. The van der Waals surface area contributed by atoms with E-state index in [0.717, 1.165) is 11.3 Å². The predicted octanol–water partition coefficient (Wildman–Crippen LogP) is 2.42. The molecule has 0 radical (unpaired) electrons. The Morgan fingerprint density at radius 2 is 2.14 bits per heavy atom. The van der Waals surface area contributed by atoms with Crippen LogP contribution in [-0.2, 0) is 14.8 Å². The van der Waals surface area contributed by atoms with Crippen LogP contribution in [0.4, 0.5) is 5.82 Å². The van der Waals surface area contributed by atoms with Crippen molar-refractivity contribution in [2.24, 2.45) is 0 Å². The molecule has 0 amide bonds. The number of methoxy groups -OCH3 is 1. The van der Waals surface area contributed by atoms with Crippen molar-refractivity contribution in [2.75, 3.05) is 11.8 Å². The molecule has 2 aromatic heterocycles. The quantitative estimate of drug-likeness (QED) is 0.842. The Kier molecular flexibility index (Phi) is 4.57. The average molecular weight is 343 g/mol. The molecule has 2 aromatic rings. The number of carbonyl (C=O) groups excluding carboxylic acids is 1. The summed E-state index contributed by atoms with van der Waals surface area (Å²) in [5, 5.41) is 5.75. The van der Waals surface area contributed by atoms with Gasteiger partial charge in [0.05, 0.1) is 7.11 Å². The molecule has 0 fully saturated rings. The maximum Gasteiger partial charge on any atom is 0.349 e. The van der Waals surface area contributed by atoms with E-state index in [2.05, 4.69) is 14.6 Å². The fourth-order valence-electron chi connectivity index (χ4n) is 1.87. The first kappa shape index (κ1) is 16.5. The summed E-state index contributed by atoms with van der Waals surface area (Å²) in [6.07, 6.45) is 1.68. The Hall–Kier alpha value is -1.87. The van der Waals surface area contributed by atoms with Gasteiger partial charge in [-0.25, -0.2) is 13.2 Å². The number of ether oxygens (including phenoxy) is 1. The molecular weight excluding hydrogens is 326 g/mol. The summed E-state index contributed by atoms with van der Waals surface area (Å²) in [7, 11) is -2.70. The Balaban J connectivity index is 2.38. The van der Waals surface area contributed by atoms with Crippen molar-refractivity contribution in [2.45, 2.75) is 31.7 Å². The van der Waals surface area contributed by atoms with Gasteiger partial charge in [-0.2, -0.15) is 5.10 Å². The first-order valence-electron chi connectivity index (χ1n) is 6.50. The third-order valence-electron chi connectivity index (χ3n) is 2.93. The molecule has 0 saturated heterocycles. The number of thiophene rings is 1. The number of aryl methyl sites for hydroxylation is 1. The molecule has 0 bridgehead atoms. The molecule has 7 nitrogen and oxygen atoms in total. The van der Waals surface area contributed by atoms with Crippen molar-refractivity contribution in [3.05, 3.63) is 28.1 Å². The van der Waals surface area contributed by atoms with E-state index in [9.17, 15) is 13.2 Å². The van der Waals surface area contributed by atoms with E-state index in [4.69, 9.17) is 0 Å². The van der Waals surface area contributed by atoms with E-state index in [1.807, 2.05) is 13.8 Å². The lowest BCUT2D eigenvalue weighted by atomic mass is 10.3. The number of rotatable bonds is 5. The van der Waals surface area contributed by atoms with E-state index >= 15 is 0 Å². The van der Waals surface area contributed by atoms with Gasteiger partial charge in [-0.3, -0.25) is 9.40 Å². The van der Waals surface area contributed by atoms with Gasteiger partial charge in [-0.15, -0.1) is 11.3 Å². The molecular formula is C13H17N3O4S2. The minimum atomic E-state index is -3.92. The molecule has 0 aliphatic heterocycles.